The first-order valence-corrected chi connectivity index (χ1v) is 24.8. The van der Waals surface area contributed by atoms with Crippen molar-refractivity contribution >= 4 is 44.9 Å². The highest BCUT2D eigenvalue weighted by molar-refractivity contribution is 8.07. The molecule has 0 fully saturated rings. The molecule has 0 bridgehead atoms. The predicted molar refractivity (Wildman–Crippen MR) is 182 cm³/mol. The topological polar surface area (TPSA) is 111 Å². The summed E-state index contributed by atoms with van der Waals surface area (Å²) in [7, 11) is -8.40. The van der Waals surface area contributed by atoms with Crippen LogP contribution in [0.1, 0.15) is 81.6 Å². The summed E-state index contributed by atoms with van der Waals surface area (Å²) >= 11 is 5.88. The van der Waals surface area contributed by atoms with Crippen LogP contribution in [0.15, 0.2) is 0 Å². The summed E-state index contributed by atoms with van der Waals surface area (Å²) in [5, 5.41) is 0. The summed E-state index contributed by atoms with van der Waals surface area (Å²) in [6, 6.07) is 1.82. The summed E-state index contributed by atoms with van der Waals surface area (Å²) in [6.07, 6.45) is 1.88. The second kappa shape index (κ2) is 26.7. The standard InChI is InChI=1S/C27H63O12PSSi3/c1-10-31-42(32-11-2,33-12-3)25-19-22-28-40(41,29-23-20-26-43(34-13-4,35-14-5)36-15-6)30-24-21-27-44(37-16-7,38-17-8)39-18-9/h10-27H2,1-9H3. The van der Waals surface area contributed by atoms with Gasteiger partial charge in [0, 0.05) is 77.6 Å². The molecule has 0 heterocycles. The van der Waals surface area contributed by atoms with Crippen LogP contribution in [-0.2, 0) is 65.2 Å². The zero-order chi connectivity index (χ0) is 33.2. The van der Waals surface area contributed by atoms with Crippen molar-refractivity contribution in [3.63, 3.8) is 0 Å². The number of rotatable bonds is 33. The van der Waals surface area contributed by atoms with Gasteiger partial charge in [0.05, 0.1) is 19.8 Å². The van der Waals surface area contributed by atoms with Crippen LogP contribution in [0.5, 0.6) is 0 Å². The first-order chi connectivity index (χ1) is 21.2. The van der Waals surface area contributed by atoms with Gasteiger partial charge < -0.3 is 53.4 Å². The minimum Gasteiger partial charge on any atom is -0.374 e. The summed E-state index contributed by atoms with van der Waals surface area (Å²) < 4.78 is 72.4. The normalized spacial score (nSPS) is 13.2. The van der Waals surface area contributed by atoms with Gasteiger partial charge in [-0.2, -0.15) is 0 Å². The molecule has 0 saturated carbocycles. The van der Waals surface area contributed by atoms with Crippen LogP contribution in [0.3, 0.4) is 0 Å². The van der Waals surface area contributed by atoms with Gasteiger partial charge in [-0.15, -0.1) is 0 Å². The molecule has 0 radical (unpaired) electrons. The van der Waals surface area contributed by atoms with Crippen molar-refractivity contribution in [2.75, 3.05) is 79.3 Å². The van der Waals surface area contributed by atoms with Crippen LogP contribution in [-0.4, -0.2) is 106 Å². The number of hydrogen-bond acceptors (Lipinski definition) is 13. The Bertz CT molecular complexity index is 590. The van der Waals surface area contributed by atoms with Gasteiger partial charge in [0.25, 0.3) is 0 Å². The molecule has 0 amide bonds. The highest BCUT2D eigenvalue weighted by Gasteiger charge is 2.42. The van der Waals surface area contributed by atoms with Gasteiger partial charge in [-0.3, -0.25) is 0 Å². The summed E-state index contributed by atoms with van der Waals surface area (Å²) in [4.78, 5) is 0. The minimum absolute atomic E-state index is 0.324. The molecule has 0 unspecified atom stereocenters. The van der Waals surface area contributed by atoms with E-state index in [0.29, 0.717) is 117 Å². The first-order valence-electron chi connectivity index (χ1n) is 16.5. The van der Waals surface area contributed by atoms with Gasteiger partial charge in [0.15, 0.2) is 0 Å². The van der Waals surface area contributed by atoms with E-state index in [2.05, 4.69) is 0 Å². The molecule has 0 rings (SSSR count). The van der Waals surface area contributed by atoms with E-state index >= 15 is 0 Å². The Kier molecular flexibility index (Phi) is 27.2. The Labute approximate surface area is 276 Å². The third-order valence-corrected chi connectivity index (χ3v) is 17.8. The van der Waals surface area contributed by atoms with E-state index in [1.165, 1.54) is 0 Å². The molecule has 0 aromatic rings. The smallest absolute Gasteiger partial charge is 0.374 e. The molecule has 266 valence electrons. The average Bonchev–Trinajstić information content (AvgIpc) is 2.97. The summed E-state index contributed by atoms with van der Waals surface area (Å²) in [5.74, 6) is 0. The molecule has 0 atom stereocenters. The maximum absolute atomic E-state index is 6.18. The molecule has 0 aliphatic carbocycles. The maximum Gasteiger partial charge on any atom is 0.501 e. The van der Waals surface area contributed by atoms with Crippen molar-refractivity contribution in [2.45, 2.75) is 99.7 Å². The third kappa shape index (κ3) is 18.4. The first kappa shape index (κ1) is 44.8. The lowest BCUT2D eigenvalue weighted by molar-refractivity contribution is 0.0676. The minimum atomic E-state index is -3.09. The molecule has 12 nitrogen and oxygen atoms in total. The second-order valence-electron chi connectivity index (χ2n) is 9.20. The molecular formula is C27H63O12PSSi3. The lowest BCUT2D eigenvalue weighted by atomic mass is 10.5. The van der Waals surface area contributed by atoms with E-state index in [1.807, 2.05) is 62.3 Å². The molecule has 0 aliphatic heterocycles. The second-order valence-corrected chi connectivity index (χ2v) is 20.4. The van der Waals surface area contributed by atoms with Crippen molar-refractivity contribution in [1.29, 1.82) is 0 Å². The molecule has 17 heteroatoms. The molecule has 0 aliphatic rings. The van der Waals surface area contributed by atoms with Gasteiger partial charge in [-0.25, -0.2) is 0 Å². The molecule has 44 heavy (non-hydrogen) atoms. The van der Waals surface area contributed by atoms with Gasteiger partial charge in [-0.05, 0) is 93.4 Å². The Morgan fingerprint density at radius 1 is 0.364 bits per heavy atom. The molecule has 0 N–H and O–H groups in total. The average molecular weight is 727 g/mol. The Balaban J connectivity index is 5.48. The van der Waals surface area contributed by atoms with Gasteiger partial charge in [-0.1, -0.05) is 0 Å². The van der Waals surface area contributed by atoms with Crippen LogP contribution in [0, 0.1) is 0 Å². The van der Waals surface area contributed by atoms with Gasteiger partial charge in [0.2, 0.25) is 0 Å². The van der Waals surface area contributed by atoms with Crippen LogP contribution in [0.4, 0.5) is 0 Å². The van der Waals surface area contributed by atoms with Crippen LogP contribution >= 0.6 is 6.72 Å². The van der Waals surface area contributed by atoms with Gasteiger partial charge in [0.1, 0.15) is 0 Å². The quantitative estimate of drug-likeness (QED) is 0.0413. The Morgan fingerprint density at radius 3 is 0.705 bits per heavy atom. The van der Waals surface area contributed by atoms with Crippen molar-refractivity contribution in [2.24, 2.45) is 0 Å². The van der Waals surface area contributed by atoms with E-state index in [1.54, 1.807) is 0 Å². The fraction of sp³-hybridized carbons (Fsp3) is 1.00. The lowest BCUT2D eigenvalue weighted by Gasteiger charge is -2.30. The molecule has 0 spiro atoms. The summed E-state index contributed by atoms with van der Waals surface area (Å²) in [6.45, 7) is 20.0. The van der Waals surface area contributed by atoms with Crippen molar-refractivity contribution in [3.05, 3.63) is 0 Å². The van der Waals surface area contributed by atoms with E-state index in [4.69, 9.17) is 65.2 Å². The monoisotopic (exact) mass is 726 g/mol. The Morgan fingerprint density at radius 2 is 0.545 bits per heavy atom. The molecule has 0 aromatic heterocycles. The zero-order valence-electron chi connectivity index (χ0n) is 29.0. The summed E-state index contributed by atoms with van der Waals surface area (Å²) in [5.41, 5.74) is 0. The van der Waals surface area contributed by atoms with Crippen molar-refractivity contribution < 1.29 is 53.4 Å². The zero-order valence-corrected chi connectivity index (χ0v) is 33.7. The largest absolute Gasteiger partial charge is 0.501 e. The maximum atomic E-state index is 6.18. The van der Waals surface area contributed by atoms with E-state index in [9.17, 15) is 0 Å². The van der Waals surface area contributed by atoms with Crippen LogP contribution in [0.2, 0.25) is 18.1 Å². The Hall–Kier alpha value is 0.821. The SMILES string of the molecule is CCO[Si](CCCOP(=S)(OCCC[Si](OCC)(OCC)OCC)OCCC[Si](OCC)(OCC)OCC)(OCC)OCC. The predicted octanol–water partition coefficient (Wildman–Crippen LogP) is 6.58. The molecule has 0 aromatic carbocycles. The van der Waals surface area contributed by atoms with E-state index in [0.717, 1.165) is 0 Å². The highest BCUT2D eigenvalue weighted by atomic mass is 32.5. The van der Waals surface area contributed by atoms with E-state index < -0.39 is 33.1 Å². The molecular weight excluding hydrogens is 664 g/mol. The van der Waals surface area contributed by atoms with Gasteiger partial charge >= 0.3 is 33.1 Å². The third-order valence-electron chi connectivity index (χ3n) is 5.91. The fourth-order valence-corrected chi connectivity index (χ4v) is 14.2. The van der Waals surface area contributed by atoms with Crippen LogP contribution < -0.4 is 0 Å². The number of hydrogen-bond donors (Lipinski definition) is 0. The molecule has 0 saturated heterocycles. The fourth-order valence-electron chi connectivity index (χ4n) is 4.51. The lowest BCUT2D eigenvalue weighted by Crippen LogP contribution is -2.46. The highest BCUT2D eigenvalue weighted by Crippen LogP contribution is 2.50. The van der Waals surface area contributed by atoms with E-state index in [-0.39, 0.29) is 0 Å². The van der Waals surface area contributed by atoms with Crippen molar-refractivity contribution in [3.8, 4) is 0 Å². The van der Waals surface area contributed by atoms with Crippen LogP contribution in [0.25, 0.3) is 0 Å². The van der Waals surface area contributed by atoms with Crippen molar-refractivity contribution in [1.82, 2.24) is 0 Å².